The molecule has 3 aliphatic rings. The molecular weight excluding hydrogens is 460 g/mol. The second-order valence-corrected chi connectivity index (χ2v) is 11.4. The van der Waals surface area contributed by atoms with Crippen molar-refractivity contribution in [2.45, 2.75) is 63.3 Å². The lowest BCUT2D eigenvalue weighted by Gasteiger charge is -2.35. The van der Waals surface area contributed by atoms with Gasteiger partial charge in [-0.25, -0.2) is 9.97 Å². The van der Waals surface area contributed by atoms with Crippen molar-refractivity contribution < 1.29 is 9.47 Å². The Hall–Kier alpha value is -2.36. The van der Waals surface area contributed by atoms with E-state index in [1.165, 1.54) is 25.0 Å². The fraction of sp³-hybridized carbons (Fsp3) is 0.577. The highest BCUT2D eigenvalue weighted by molar-refractivity contribution is 8.00. The summed E-state index contributed by atoms with van der Waals surface area (Å²) < 4.78 is 11.4. The number of anilines is 1. The van der Waals surface area contributed by atoms with E-state index in [4.69, 9.17) is 25.2 Å². The third-order valence-corrected chi connectivity index (χ3v) is 8.34. The molecule has 1 aliphatic carbocycles. The minimum Gasteiger partial charge on any atom is -0.478 e. The Balaban J connectivity index is 0.000000577. The van der Waals surface area contributed by atoms with Gasteiger partial charge in [0.25, 0.3) is 0 Å². The third-order valence-electron chi connectivity index (χ3n) is 6.80. The van der Waals surface area contributed by atoms with E-state index in [0.717, 1.165) is 53.5 Å². The van der Waals surface area contributed by atoms with Gasteiger partial charge in [-0.1, -0.05) is 0 Å². The monoisotopic (exact) mass is 496 g/mol. The van der Waals surface area contributed by atoms with E-state index in [0.29, 0.717) is 25.1 Å². The molecule has 5 heterocycles. The maximum absolute atomic E-state index is 5.74. The number of nitrogens with zero attached hydrogens (tertiary/aromatic N) is 4. The highest BCUT2D eigenvalue weighted by Gasteiger charge is 2.35. The molecule has 35 heavy (non-hydrogen) atoms. The number of aromatic nitrogens is 4. The number of H-pyrrole nitrogens is 1. The Labute approximate surface area is 211 Å². The van der Waals surface area contributed by atoms with E-state index in [1.54, 1.807) is 0 Å². The number of ether oxygens (including phenoxy) is 2. The smallest absolute Gasteiger partial charge is 0.215 e. The second-order valence-electron chi connectivity index (χ2n) is 9.75. The van der Waals surface area contributed by atoms with Gasteiger partial charge in [-0.3, -0.25) is 0 Å². The third kappa shape index (κ3) is 5.42. The zero-order chi connectivity index (χ0) is 24.4. The van der Waals surface area contributed by atoms with Crippen LogP contribution in [0.2, 0.25) is 0 Å². The van der Waals surface area contributed by atoms with Crippen LogP contribution in [0.5, 0.6) is 5.88 Å². The molecule has 2 unspecified atom stereocenters. The van der Waals surface area contributed by atoms with Crippen molar-refractivity contribution in [1.82, 2.24) is 19.9 Å². The Bertz CT molecular complexity index is 1160. The van der Waals surface area contributed by atoms with Crippen LogP contribution in [0.4, 0.5) is 5.82 Å². The number of aromatic amines is 1. The van der Waals surface area contributed by atoms with Crippen LogP contribution in [-0.4, -0.2) is 64.1 Å². The average Bonchev–Trinajstić information content (AvgIpc) is 3.30. The summed E-state index contributed by atoms with van der Waals surface area (Å²) >= 11 is 2.00. The van der Waals surface area contributed by atoms with Crippen molar-refractivity contribution in [3.8, 4) is 17.3 Å². The lowest BCUT2D eigenvalue weighted by Crippen LogP contribution is -2.44. The molecule has 0 bridgehead atoms. The van der Waals surface area contributed by atoms with Crippen LogP contribution in [0, 0.1) is 0 Å². The first-order valence-corrected chi connectivity index (χ1v) is 13.7. The number of hydrogen-bond acceptors (Lipinski definition) is 8. The number of rotatable bonds is 5. The van der Waals surface area contributed by atoms with Crippen molar-refractivity contribution in [3.63, 3.8) is 0 Å². The van der Waals surface area contributed by atoms with Gasteiger partial charge in [0, 0.05) is 41.9 Å². The Kier molecular flexibility index (Phi) is 7.18. The Morgan fingerprint density at radius 2 is 2.11 bits per heavy atom. The summed E-state index contributed by atoms with van der Waals surface area (Å²) in [7, 11) is 0. The van der Waals surface area contributed by atoms with Crippen LogP contribution in [0.1, 0.15) is 52.1 Å². The number of hydrogen-bond donors (Lipinski definition) is 2. The second kappa shape index (κ2) is 10.3. The fourth-order valence-corrected chi connectivity index (χ4v) is 5.82. The summed E-state index contributed by atoms with van der Waals surface area (Å²) in [6.07, 6.45) is 6.78. The van der Waals surface area contributed by atoms with Gasteiger partial charge in [0.1, 0.15) is 11.5 Å². The molecule has 0 amide bonds. The van der Waals surface area contributed by atoms with Crippen LogP contribution >= 0.6 is 11.8 Å². The molecular formula is C26H36N6O2S. The van der Waals surface area contributed by atoms with Crippen molar-refractivity contribution in [1.29, 1.82) is 0 Å². The SMILES string of the molecule is CCOc1cc(-c2nc(N3CCOCC3C)cc(C3(C)CCCS3)n2)c2cc[nH]c2n1.NC1CC1. The summed E-state index contributed by atoms with van der Waals surface area (Å²) in [5.74, 6) is 3.46. The zero-order valence-corrected chi connectivity index (χ0v) is 21.7. The van der Waals surface area contributed by atoms with E-state index in [-0.39, 0.29) is 10.8 Å². The van der Waals surface area contributed by atoms with Crippen molar-refractivity contribution in [3.05, 3.63) is 30.1 Å². The molecule has 2 saturated heterocycles. The standard InChI is InChI=1S/C23H29N5O2S.C3H7N/c1-4-30-20-12-17(16-6-8-24-21(16)27-20)22-25-18(23(3)7-5-11-31-23)13-19(26-22)28-9-10-29-14-15(28)2;4-3-1-2-3/h6,8,12-13,15H,4-5,7,9-11,14H2,1-3H3,(H,24,27);3H,1-2,4H2. The largest absolute Gasteiger partial charge is 0.478 e. The molecule has 2 atom stereocenters. The number of morpholine rings is 1. The minimum atomic E-state index is 0.00893. The molecule has 188 valence electrons. The van der Waals surface area contributed by atoms with E-state index in [1.807, 2.05) is 37.0 Å². The first kappa shape index (κ1) is 24.3. The van der Waals surface area contributed by atoms with Crippen LogP contribution in [-0.2, 0) is 9.48 Å². The molecule has 9 heteroatoms. The van der Waals surface area contributed by atoms with Gasteiger partial charge in [-0.15, -0.1) is 11.8 Å². The average molecular weight is 497 g/mol. The lowest BCUT2D eigenvalue weighted by atomic mass is 10.0. The van der Waals surface area contributed by atoms with Crippen LogP contribution in [0.25, 0.3) is 22.4 Å². The van der Waals surface area contributed by atoms with E-state index < -0.39 is 0 Å². The predicted molar refractivity (Wildman–Crippen MR) is 142 cm³/mol. The lowest BCUT2D eigenvalue weighted by molar-refractivity contribution is 0.0985. The van der Waals surface area contributed by atoms with Gasteiger partial charge < -0.3 is 25.1 Å². The molecule has 0 aromatic carbocycles. The normalized spacial score (nSPS) is 24.3. The molecule has 3 aromatic heterocycles. The van der Waals surface area contributed by atoms with Gasteiger partial charge in [-0.05, 0) is 58.3 Å². The van der Waals surface area contributed by atoms with Crippen LogP contribution in [0.15, 0.2) is 24.4 Å². The molecule has 3 aromatic rings. The van der Waals surface area contributed by atoms with E-state index >= 15 is 0 Å². The number of nitrogens with two attached hydrogens (primary N) is 1. The summed E-state index contributed by atoms with van der Waals surface area (Å²) in [6.45, 7) is 9.30. The Morgan fingerprint density at radius 3 is 2.80 bits per heavy atom. The van der Waals surface area contributed by atoms with Crippen molar-refractivity contribution in [2.24, 2.45) is 5.73 Å². The van der Waals surface area contributed by atoms with Crippen molar-refractivity contribution >= 4 is 28.6 Å². The van der Waals surface area contributed by atoms with Gasteiger partial charge in [0.15, 0.2) is 5.82 Å². The van der Waals surface area contributed by atoms with Crippen molar-refractivity contribution in [2.75, 3.05) is 37.0 Å². The fourth-order valence-electron chi connectivity index (χ4n) is 4.54. The quantitative estimate of drug-likeness (QED) is 0.533. The summed E-state index contributed by atoms with van der Waals surface area (Å²) in [5.41, 5.74) is 8.06. The molecule has 0 spiro atoms. The molecule has 8 nitrogen and oxygen atoms in total. The van der Waals surface area contributed by atoms with Gasteiger partial charge in [0.2, 0.25) is 5.88 Å². The van der Waals surface area contributed by atoms with Gasteiger partial charge >= 0.3 is 0 Å². The van der Waals surface area contributed by atoms with Gasteiger partial charge in [0.05, 0.1) is 36.3 Å². The number of nitrogens with one attached hydrogen (secondary N) is 1. The Morgan fingerprint density at radius 1 is 1.29 bits per heavy atom. The number of thioether (sulfide) groups is 1. The number of pyridine rings is 1. The molecule has 3 fully saturated rings. The molecule has 3 N–H and O–H groups in total. The summed E-state index contributed by atoms with van der Waals surface area (Å²) in [5, 5.41) is 1.01. The maximum atomic E-state index is 5.74. The summed E-state index contributed by atoms with van der Waals surface area (Å²) in [4.78, 5) is 20.3. The highest BCUT2D eigenvalue weighted by Crippen LogP contribution is 2.46. The first-order chi connectivity index (χ1) is 17.0. The number of fused-ring (bicyclic) bond motifs is 1. The van der Waals surface area contributed by atoms with Crippen LogP contribution in [0.3, 0.4) is 0 Å². The molecule has 6 rings (SSSR count). The topological polar surface area (TPSA) is 102 Å². The predicted octanol–water partition coefficient (Wildman–Crippen LogP) is 4.49. The summed E-state index contributed by atoms with van der Waals surface area (Å²) in [6, 6.07) is 7.06. The van der Waals surface area contributed by atoms with E-state index in [2.05, 4.69) is 34.8 Å². The maximum Gasteiger partial charge on any atom is 0.215 e. The molecule has 0 radical (unpaired) electrons. The van der Waals surface area contributed by atoms with Crippen LogP contribution < -0.4 is 15.4 Å². The highest BCUT2D eigenvalue weighted by atomic mass is 32.2. The van der Waals surface area contributed by atoms with E-state index in [9.17, 15) is 0 Å². The zero-order valence-electron chi connectivity index (χ0n) is 20.9. The molecule has 2 aliphatic heterocycles. The minimum absolute atomic E-state index is 0.00893. The first-order valence-electron chi connectivity index (χ1n) is 12.7. The molecule has 1 saturated carbocycles. The van der Waals surface area contributed by atoms with Gasteiger partial charge in [-0.2, -0.15) is 4.98 Å².